The number of amides is 1. The lowest BCUT2D eigenvalue weighted by Crippen LogP contribution is -2.13. The SMILES string of the molecule is C=C(C)COc1cccc(C(=O)Nc2ccc(Cl)cc2C)c1. The Kier molecular flexibility index (Phi) is 5.23. The summed E-state index contributed by atoms with van der Waals surface area (Å²) in [6, 6.07) is 12.4. The molecule has 114 valence electrons. The maximum absolute atomic E-state index is 12.3. The Bertz CT molecular complexity index is 710. The number of carbonyl (C=O) groups excluding carboxylic acids is 1. The average Bonchev–Trinajstić information content (AvgIpc) is 2.48. The molecule has 2 rings (SSSR count). The Hall–Kier alpha value is -2.26. The van der Waals surface area contributed by atoms with Crippen molar-refractivity contribution >= 4 is 23.2 Å². The number of aryl methyl sites for hydroxylation is 1. The van der Waals surface area contributed by atoms with Gasteiger partial charge in [0.05, 0.1) is 0 Å². The number of ether oxygens (including phenoxy) is 1. The second-order valence-corrected chi connectivity index (χ2v) is 5.62. The van der Waals surface area contributed by atoms with Crippen molar-refractivity contribution in [3.05, 3.63) is 70.8 Å². The fourth-order valence-electron chi connectivity index (χ4n) is 1.90. The first-order valence-corrected chi connectivity index (χ1v) is 7.28. The largest absolute Gasteiger partial charge is 0.489 e. The molecule has 22 heavy (non-hydrogen) atoms. The summed E-state index contributed by atoms with van der Waals surface area (Å²) in [6.45, 7) is 8.00. The summed E-state index contributed by atoms with van der Waals surface area (Å²) >= 11 is 5.92. The summed E-state index contributed by atoms with van der Waals surface area (Å²) in [5, 5.41) is 3.52. The first-order chi connectivity index (χ1) is 10.5. The molecule has 1 N–H and O–H groups in total. The third-order valence-corrected chi connectivity index (χ3v) is 3.25. The van der Waals surface area contributed by atoms with Crippen LogP contribution in [0.5, 0.6) is 5.75 Å². The molecule has 0 saturated carbocycles. The van der Waals surface area contributed by atoms with Gasteiger partial charge in [-0.25, -0.2) is 0 Å². The van der Waals surface area contributed by atoms with Crippen molar-refractivity contribution in [3.8, 4) is 5.75 Å². The molecule has 0 fully saturated rings. The minimum absolute atomic E-state index is 0.189. The lowest BCUT2D eigenvalue weighted by Gasteiger charge is -2.10. The third-order valence-electron chi connectivity index (χ3n) is 3.02. The monoisotopic (exact) mass is 315 g/mol. The molecule has 1 amide bonds. The molecule has 0 atom stereocenters. The summed E-state index contributed by atoms with van der Waals surface area (Å²) in [7, 11) is 0. The number of hydrogen-bond donors (Lipinski definition) is 1. The highest BCUT2D eigenvalue weighted by molar-refractivity contribution is 6.30. The molecule has 3 nitrogen and oxygen atoms in total. The summed E-state index contributed by atoms with van der Waals surface area (Å²) in [4.78, 5) is 12.3. The minimum Gasteiger partial charge on any atom is -0.489 e. The van der Waals surface area contributed by atoms with Crippen molar-refractivity contribution < 1.29 is 9.53 Å². The van der Waals surface area contributed by atoms with E-state index in [1.807, 2.05) is 26.0 Å². The van der Waals surface area contributed by atoms with E-state index in [0.717, 1.165) is 16.8 Å². The second kappa shape index (κ2) is 7.14. The van der Waals surface area contributed by atoms with Crippen LogP contribution in [-0.4, -0.2) is 12.5 Å². The quantitative estimate of drug-likeness (QED) is 0.800. The Morgan fingerprint density at radius 2 is 2.05 bits per heavy atom. The Morgan fingerprint density at radius 3 is 2.73 bits per heavy atom. The van der Waals surface area contributed by atoms with E-state index in [2.05, 4.69) is 11.9 Å². The molecule has 0 spiro atoms. The lowest BCUT2D eigenvalue weighted by molar-refractivity contribution is 0.102. The molecular formula is C18H18ClNO2. The molecule has 2 aromatic rings. The van der Waals surface area contributed by atoms with Gasteiger partial charge in [0.15, 0.2) is 0 Å². The highest BCUT2D eigenvalue weighted by atomic mass is 35.5. The van der Waals surface area contributed by atoms with Crippen LogP contribution in [0.15, 0.2) is 54.6 Å². The van der Waals surface area contributed by atoms with E-state index >= 15 is 0 Å². The van der Waals surface area contributed by atoms with Crippen LogP contribution in [0, 0.1) is 6.92 Å². The van der Waals surface area contributed by atoms with Gasteiger partial charge < -0.3 is 10.1 Å². The summed E-state index contributed by atoms with van der Waals surface area (Å²) in [5.74, 6) is 0.453. The minimum atomic E-state index is -0.189. The number of rotatable bonds is 5. The third kappa shape index (κ3) is 4.37. The molecule has 4 heteroatoms. The zero-order valence-corrected chi connectivity index (χ0v) is 13.4. The molecule has 0 radical (unpaired) electrons. The van der Waals surface area contributed by atoms with E-state index in [1.165, 1.54) is 0 Å². The molecule has 0 aliphatic carbocycles. The van der Waals surface area contributed by atoms with E-state index < -0.39 is 0 Å². The van der Waals surface area contributed by atoms with Gasteiger partial charge in [-0.2, -0.15) is 0 Å². The molecule has 0 aliphatic heterocycles. The summed E-state index contributed by atoms with van der Waals surface area (Å²) in [5.41, 5.74) is 3.11. The maximum Gasteiger partial charge on any atom is 0.255 e. The van der Waals surface area contributed by atoms with Crippen LogP contribution in [0.25, 0.3) is 0 Å². The van der Waals surface area contributed by atoms with E-state index in [0.29, 0.717) is 22.9 Å². The van der Waals surface area contributed by atoms with Gasteiger partial charge in [-0.15, -0.1) is 0 Å². The Labute approximate surface area is 135 Å². The first-order valence-electron chi connectivity index (χ1n) is 6.90. The first kappa shape index (κ1) is 16.1. The van der Waals surface area contributed by atoms with E-state index in [9.17, 15) is 4.79 Å². The Morgan fingerprint density at radius 1 is 1.27 bits per heavy atom. The molecule has 0 saturated heterocycles. The predicted molar refractivity (Wildman–Crippen MR) is 90.9 cm³/mol. The standard InChI is InChI=1S/C18H18ClNO2/c1-12(2)11-22-16-6-4-5-14(10-16)18(21)20-17-8-7-15(19)9-13(17)3/h4-10H,1,11H2,2-3H3,(H,20,21). The number of nitrogens with one attached hydrogen (secondary N) is 1. The maximum atomic E-state index is 12.3. The number of carbonyl (C=O) groups is 1. The smallest absolute Gasteiger partial charge is 0.255 e. The van der Waals surface area contributed by atoms with Crippen LogP contribution in [-0.2, 0) is 0 Å². The van der Waals surface area contributed by atoms with Gasteiger partial charge in [-0.1, -0.05) is 24.2 Å². The molecule has 0 aliphatic rings. The van der Waals surface area contributed by atoms with Crippen molar-refractivity contribution in [2.45, 2.75) is 13.8 Å². The zero-order chi connectivity index (χ0) is 16.1. The number of benzene rings is 2. The van der Waals surface area contributed by atoms with Gasteiger partial charge in [0.25, 0.3) is 5.91 Å². The summed E-state index contributed by atoms with van der Waals surface area (Å²) in [6.07, 6.45) is 0. The van der Waals surface area contributed by atoms with Crippen LogP contribution in [0.1, 0.15) is 22.8 Å². The highest BCUT2D eigenvalue weighted by Crippen LogP contribution is 2.21. The van der Waals surface area contributed by atoms with Crippen LogP contribution in [0.4, 0.5) is 5.69 Å². The van der Waals surface area contributed by atoms with Gasteiger partial charge in [-0.05, 0) is 61.4 Å². The Balaban J connectivity index is 2.12. The van der Waals surface area contributed by atoms with Gasteiger partial charge in [-0.3, -0.25) is 4.79 Å². The van der Waals surface area contributed by atoms with Crippen molar-refractivity contribution in [1.29, 1.82) is 0 Å². The van der Waals surface area contributed by atoms with Crippen molar-refractivity contribution in [2.75, 3.05) is 11.9 Å². The second-order valence-electron chi connectivity index (χ2n) is 5.19. The summed E-state index contributed by atoms with van der Waals surface area (Å²) < 4.78 is 5.55. The molecule has 2 aromatic carbocycles. The van der Waals surface area contributed by atoms with E-state index in [-0.39, 0.29) is 5.91 Å². The van der Waals surface area contributed by atoms with Crippen LogP contribution < -0.4 is 10.1 Å². The number of halogens is 1. The zero-order valence-electron chi connectivity index (χ0n) is 12.7. The number of hydrogen-bond acceptors (Lipinski definition) is 2. The topological polar surface area (TPSA) is 38.3 Å². The van der Waals surface area contributed by atoms with Gasteiger partial charge in [0.2, 0.25) is 0 Å². The van der Waals surface area contributed by atoms with Crippen LogP contribution in [0.2, 0.25) is 5.02 Å². The fourth-order valence-corrected chi connectivity index (χ4v) is 2.12. The van der Waals surface area contributed by atoms with Crippen molar-refractivity contribution in [2.24, 2.45) is 0 Å². The average molecular weight is 316 g/mol. The van der Waals surface area contributed by atoms with E-state index in [4.69, 9.17) is 16.3 Å². The van der Waals surface area contributed by atoms with Gasteiger partial charge >= 0.3 is 0 Å². The van der Waals surface area contributed by atoms with Gasteiger partial charge in [0, 0.05) is 16.3 Å². The molecule has 0 bridgehead atoms. The molecule has 0 heterocycles. The molecule has 0 aromatic heterocycles. The van der Waals surface area contributed by atoms with Crippen molar-refractivity contribution in [3.63, 3.8) is 0 Å². The molecular weight excluding hydrogens is 298 g/mol. The lowest BCUT2D eigenvalue weighted by atomic mass is 10.1. The normalized spacial score (nSPS) is 10.1. The van der Waals surface area contributed by atoms with Crippen LogP contribution >= 0.6 is 11.6 Å². The number of anilines is 1. The van der Waals surface area contributed by atoms with E-state index in [1.54, 1.807) is 30.3 Å². The predicted octanol–water partition coefficient (Wildman–Crippen LogP) is 4.86. The van der Waals surface area contributed by atoms with Crippen LogP contribution in [0.3, 0.4) is 0 Å². The molecule has 0 unspecified atom stereocenters. The fraction of sp³-hybridized carbons (Fsp3) is 0.167. The van der Waals surface area contributed by atoms with Crippen molar-refractivity contribution in [1.82, 2.24) is 0 Å². The highest BCUT2D eigenvalue weighted by Gasteiger charge is 2.09. The van der Waals surface area contributed by atoms with Gasteiger partial charge in [0.1, 0.15) is 12.4 Å².